The number of allylic oxidation sites excluding steroid dienone is 1. The number of aliphatic hydroxyl groups is 1. The summed E-state index contributed by atoms with van der Waals surface area (Å²) in [5.41, 5.74) is 6.14. The zero-order chi connectivity index (χ0) is 15.7. The van der Waals surface area contributed by atoms with Crippen molar-refractivity contribution < 1.29 is 5.11 Å². The highest BCUT2D eigenvalue weighted by Crippen LogP contribution is 2.38. The summed E-state index contributed by atoms with van der Waals surface area (Å²) in [6, 6.07) is 16.8. The van der Waals surface area contributed by atoms with Crippen molar-refractivity contribution in [2.45, 2.75) is 6.42 Å². The minimum Gasteiger partial charge on any atom is -0.508 e. The number of rotatable bonds is 3. The van der Waals surface area contributed by atoms with Gasteiger partial charge in [0.15, 0.2) is 0 Å². The van der Waals surface area contributed by atoms with E-state index in [0.717, 1.165) is 23.2 Å². The molecular formula is C20H19NO. The van der Waals surface area contributed by atoms with Gasteiger partial charge in [-0.1, -0.05) is 49.6 Å². The highest BCUT2D eigenvalue weighted by atomic mass is 16.3. The Kier molecular flexibility index (Phi) is 3.60. The van der Waals surface area contributed by atoms with Gasteiger partial charge in [0.05, 0.1) is 0 Å². The second-order valence-electron chi connectivity index (χ2n) is 5.59. The summed E-state index contributed by atoms with van der Waals surface area (Å²) >= 11 is 0. The third-order valence-electron chi connectivity index (χ3n) is 3.98. The maximum atomic E-state index is 9.75. The number of aliphatic hydroxyl groups excluding tert-OH is 1. The number of benzene rings is 2. The van der Waals surface area contributed by atoms with Gasteiger partial charge in [0, 0.05) is 30.1 Å². The van der Waals surface area contributed by atoms with E-state index in [-0.39, 0.29) is 5.76 Å². The monoisotopic (exact) mass is 289 g/mol. The predicted octanol–water partition coefficient (Wildman–Crippen LogP) is 4.70. The zero-order valence-electron chi connectivity index (χ0n) is 12.7. The van der Waals surface area contributed by atoms with Gasteiger partial charge in [0.25, 0.3) is 0 Å². The van der Waals surface area contributed by atoms with Gasteiger partial charge >= 0.3 is 0 Å². The Bertz CT molecular complexity index is 772. The van der Waals surface area contributed by atoms with E-state index in [2.05, 4.69) is 55.6 Å². The third kappa shape index (κ3) is 2.56. The quantitative estimate of drug-likeness (QED) is 0.828. The summed E-state index contributed by atoms with van der Waals surface area (Å²) in [7, 11) is 1.96. The number of hydrogen-bond donors (Lipinski definition) is 1. The van der Waals surface area contributed by atoms with E-state index in [4.69, 9.17) is 0 Å². The average molecular weight is 289 g/mol. The number of hydrogen-bond acceptors (Lipinski definition) is 2. The highest BCUT2D eigenvalue weighted by molar-refractivity contribution is 5.91. The van der Waals surface area contributed by atoms with Crippen molar-refractivity contribution >= 4 is 11.3 Å². The molecule has 0 saturated heterocycles. The van der Waals surface area contributed by atoms with E-state index in [0.29, 0.717) is 5.57 Å². The van der Waals surface area contributed by atoms with Crippen LogP contribution in [0.15, 0.2) is 79.2 Å². The first-order valence-electron chi connectivity index (χ1n) is 7.25. The smallest absolute Gasteiger partial charge is 0.117 e. The molecule has 0 aromatic heterocycles. The summed E-state index contributed by atoms with van der Waals surface area (Å²) in [6.45, 7) is 7.75. The van der Waals surface area contributed by atoms with Crippen molar-refractivity contribution in [1.29, 1.82) is 0 Å². The van der Waals surface area contributed by atoms with Gasteiger partial charge in [-0.15, -0.1) is 0 Å². The molecule has 0 aliphatic carbocycles. The Morgan fingerprint density at radius 2 is 1.82 bits per heavy atom. The molecule has 1 aliphatic heterocycles. The SMILES string of the molecule is C=C(O)C1=CN(C)c2ccc(Cc3ccccc3)cc2C1=C. The van der Waals surface area contributed by atoms with E-state index in [1.807, 2.05) is 24.2 Å². The molecule has 2 nitrogen and oxygen atoms in total. The second kappa shape index (κ2) is 5.57. The summed E-state index contributed by atoms with van der Waals surface area (Å²) in [6.07, 6.45) is 2.74. The fraction of sp³-hybridized carbons (Fsp3) is 0.100. The first-order valence-corrected chi connectivity index (χ1v) is 7.25. The number of anilines is 1. The van der Waals surface area contributed by atoms with Crippen LogP contribution in [0.4, 0.5) is 5.69 Å². The summed E-state index contributed by atoms with van der Waals surface area (Å²) < 4.78 is 0. The van der Waals surface area contributed by atoms with Gasteiger partial charge in [-0.2, -0.15) is 0 Å². The van der Waals surface area contributed by atoms with E-state index in [1.165, 1.54) is 11.1 Å². The molecule has 1 heterocycles. The van der Waals surface area contributed by atoms with Gasteiger partial charge < -0.3 is 10.0 Å². The molecule has 3 rings (SSSR count). The van der Waals surface area contributed by atoms with Crippen LogP contribution in [0.25, 0.3) is 5.57 Å². The molecule has 1 N–H and O–H groups in total. The predicted molar refractivity (Wildman–Crippen MR) is 93.0 cm³/mol. The Hall–Kier alpha value is -2.74. The van der Waals surface area contributed by atoms with Crippen molar-refractivity contribution in [2.75, 3.05) is 11.9 Å². The summed E-state index contributed by atoms with van der Waals surface area (Å²) in [5.74, 6) is 0.0518. The molecule has 0 saturated carbocycles. The van der Waals surface area contributed by atoms with Crippen LogP contribution in [-0.2, 0) is 6.42 Å². The molecule has 2 aromatic carbocycles. The van der Waals surface area contributed by atoms with Gasteiger partial charge in [-0.25, -0.2) is 0 Å². The normalized spacial score (nSPS) is 13.6. The van der Waals surface area contributed by atoms with Crippen molar-refractivity contribution in [1.82, 2.24) is 0 Å². The van der Waals surface area contributed by atoms with Crippen molar-refractivity contribution in [3.8, 4) is 0 Å². The molecule has 2 heteroatoms. The molecule has 22 heavy (non-hydrogen) atoms. The molecular weight excluding hydrogens is 270 g/mol. The van der Waals surface area contributed by atoms with Crippen LogP contribution in [0.3, 0.4) is 0 Å². The highest BCUT2D eigenvalue weighted by Gasteiger charge is 2.20. The lowest BCUT2D eigenvalue weighted by Gasteiger charge is -2.27. The van der Waals surface area contributed by atoms with Crippen LogP contribution >= 0.6 is 0 Å². The van der Waals surface area contributed by atoms with Gasteiger partial charge in [-0.3, -0.25) is 0 Å². The van der Waals surface area contributed by atoms with Gasteiger partial charge in [0.1, 0.15) is 5.76 Å². The summed E-state index contributed by atoms with van der Waals surface area (Å²) in [4.78, 5) is 1.99. The lowest BCUT2D eigenvalue weighted by atomic mass is 9.91. The molecule has 0 amide bonds. The molecule has 1 aliphatic rings. The molecule has 110 valence electrons. The molecule has 0 radical (unpaired) electrons. The van der Waals surface area contributed by atoms with Gasteiger partial charge in [0.2, 0.25) is 0 Å². The molecule has 0 unspecified atom stereocenters. The van der Waals surface area contributed by atoms with Crippen LogP contribution in [0.5, 0.6) is 0 Å². The maximum Gasteiger partial charge on any atom is 0.117 e. The minimum absolute atomic E-state index is 0.0518. The van der Waals surface area contributed by atoms with E-state index in [9.17, 15) is 5.11 Å². The number of nitrogens with zero attached hydrogens (tertiary/aromatic N) is 1. The van der Waals surface area contributed by atoms with Crippen LogP contribution in [0.1, 0.15) is 16.7 Å². The lowest BCUT2D eigenvalue weighted by molar-refractivity contribution is 0.429. The molecule has 0 atom stereocenters. The molecule has 0 spiro atoms. The Labute approximate surface area is 131 Å². The van der Waals surface area contributed by atoms with Crippen LogP contribution in [-0.4, -0.2) is 12.2 Å². The Balaban J connectivity index is 1.98. The van der Waals surface area contributed by atoms with Crippen LogP contribution in [0.2, 0.25) is 0 Å². The van der Waals surface area contributed by atoms with E-state index in [1.54, 1.807) is 0 Å². The fourth-order valence-electron chi connectivity index (χ4n) is 2.81. The number of fused-ring (bicyclic) bond motifs is 1. The van der Waals surface area contributed by atoms with Crippen LogP contribution in [0, 0.1) is 0 Å². The third-order valence-corrected chi connectivity index (χ3v) is 3.98. The van der Waals surface area contributed by atoms with Crippen molar-refractivity contribution in [3.63, 3.8) is 0 Å². The van der Waals surface area contributed by atoms with Crippen molar-refractivity contribution in [3.05, 3.63) is 95.9 Å². The fourth-order valence-corrected chi connectivity index (χ4v) is 2.81. The Morgan fingerprint density at radius 3 is 2.50 bits per heavy atom. The van der Waals surface area contributed by atoms with Gasteiger partial charge in [-0.05, 0) is 35.3 Å². The molecule has 2 aromatic rings. The van der Waals surface area contributed by atoms with E-state index >= 15 is 0 Å². The molecule has 0 bridgehead atoms. The van der Waals surface area contributed by atoms with Crippen LogP contribution < -0.4 is 4.90 Å². The van der Waals surface area contributed by atoms with E-state index < -0.39 is 0 Å². The average Bonchev–Trinajstić information content (AvgIpc) is 2.51. The topological polar surface area (TPSA) is 23.5 Å². The first-order chi connectivity index (χ1) is 10.6. The first kappa shape index (κ1) is 14.2. The summed E-state index contributed by atoms with van der Waals surface area (Å²) in [5, 5.41) is 9.75. The standard InChI is InChI=1S/C20H19NO/c1-14-18-12-17(11-16-7-5-4-6-8-16)9-10-20(18)21(3)13-19(14)15(2)22/h4-10,12-13,22H,1-2,11H2,3H3. The molecule has 0 fully saturated rings. The largest absolute Gasteiger partial charge is 0.508 e. The Morgan fingerprint density at radius 1 is 1.09 bits per heavy atom. The lowest BCUT2D eigenvalue weighted by Crippen LogP contribution is -2.17. The maximum absolute atomic E-state index is 9.75. The second-order valence-corrected chi connectivity index (χ2v) is 5.59. The zero-order valence-corrected chi connectivity index (χ0v) is 12.7. The van der Waals surface area contributed by atoms with Crippen molar-refractivity contribution in [2.24, 2.45) is 0 Å². The minimum atomic E-state index is 0.0518.